The lowest BCUT2D eigenvalue weighted by Crippen LogP contribution is -2.23. The SMILES string of the molecule is C=CC.C[SiH2]c1ccccc1.C[Si](C)(O)O. The van der Waals surface area contributed by atoms with Crippen LogP contribution in [-0.4, -0.2) is 27.7 Å². The van der Waals surface area contributed by atoms with E-state index in [1.807, 2.05) is 6.92 Å². The summed E-state index contributed by atoms with van der Waals surface area (Å²) in [5, 5.41) is 1.55. The zero-order chi connectivity index (χ0) is 13.0. The molecule has 0 aliphatic carbocycles. The standard InChI is InChI=1S/C7H10Si.C3H6.C2H8O2Si/c1-8-7-5-3-2-4-6-7;1-3-2;1-5(2,3)4/h2-6H,8H2,1H3;3H,1H2,2H3;3-4H,1-2H3. The van der Waals surface area contributed by atoms with Crippen LogP contribution in [0.1, 0.15) is 6.92 Å². The second-order valence-electron chi connectivity index (χ2n) is 3.74. The van der Waals surface area contributed by atoms with Gasteiger partial charge in [-0.2, -0.15) is 0 Å². The summed E-state index contributed by atoms with van der Waals surface area (Å²) in [6, 6.07) is 10.7. The molecule has 1 rings (SSSR count). The second-order valence-corrected chi connectivity index (χ2v) is 8.25. The van der Waals surface area contributed by atoms with Crippen LogP contribution in [-0.2, 0) is 0 Å². The van der Waals surface area contributed by atoms with Crippen molar-refractivity contribution in [1.29, 1.82) is 0 Å². The van der Waals surface area contributed by atoms with E-state index in [9.17, 15) is 0 Å². The molecule has 2 nitrogen and oxygen atoms in total. The molecule has 16 heavy (non-hydrogen) atoms. The minimum atomic E-state index is -2.61. The van der Waals surface area contributed by atoms with Gasteiger partial charge in [-0.05, 0) is 20.0 Å². The number of hydrogen-bond acceptors (Lipinski definition) is 2. The largest absolute Gasteiger partial charge is 0.411 e. The Labute approximate surface area is 103 Å². The topological polar surface area (TPSA) is 40.5 Å². The van der Waals surface area contributed by atoms with Gasteiger partial charge >= 0.3 is 8.56 Å². The van der Waals surface area contributed by atoms with E-state index >= 15 is 0 Å². The predicted octanol–water partition coefficient (Wildman–Crippen LogP) is 1.39. The molecule has 0 unspecified atom stereocenters. The van der Waals surface area contributed by atoms with Crippen molar-refractivity contribution in [3.05, 3.63) is 43.0 Å². The quantitative estimate of drug-likeness (QED) is 0.589. The van der Waals surface area contributed by atoms with Crippen molar-refractivity contribution in [1.82, 2.24) is 0 Å². The summed E-state index contributed by atoms with van der Waals surface area (Å²) >= 11 is 0. The highest BCUT2D eigenvalue weighted by Gasteiger charge is 2.08. The molecule has 0 aliphatic rings. The lowest BCUT2D eigenvalue weighted by atomic mass is 10.4. The lowest BCUT2D eigenvalue weighted by Gasteiger charge is -1.97. The maximum atomic E-state index is 8.22. The van der Waals surface area contributed by atoms with Crippen LogP contribution < -0.4 is 5.19 Å². The van der Waals surface area contributed by atoms with E-state index in [1.165, 1.54) is 13.1 Å². The van der Waals surface area contributed by atoms with Crippen molar-refractivity contribution in [2.24, 2.45) is 0 Å². The Morgan fingerprint density at radius 2 is 1.50 bits per heavy atom. The van der Waals surface area contributed by atoms with Crippen LogP contribution in [0.5, 0.6) is 0 Å². The normalized spacial score (nSPS) is 9.88. The first-order chi connectivity index (χ1) is 7.35. The molecule has 1 aromatic carbocycles. The molecule has 0 saturated carbocycles. The van der Waals surface area contributed by atoms with E-state index in [-0.39, 0.29) is 9.52 Å². The Bertz CT molecular complexity index is 249. The van der Waals surface area contributed by atoms with Crippen molar-refractivity contribution in [2.75, 3.05) is 0 Å². The van der Waals surface area contributed by atoms with Gasteiger partial charge in [0.15, 0.2) is 0 Å². The summed E-state index contributed by atoms with van der Waals surface area (Å²) < 4.78 is 0. The molecule has 0 saturated heterocycles. The Balaban J connectivity index is 0. The number of benzene rings is 1. The second kappa shape index (κ2) is 10.8. The van der Waals surface area contributed by atoms with Gasteiger partial charge in [0.2, 0.25) is 0 Å². The van der Waals surface area contributed by atoms with Gasteiger partial charge in [-0.1, -0.05) is 48.1 Å². The first kappa shape index (κ1) is 17.7. The molecule has 1 aromatic rings. The third-order valence-electron chi connectivity index (χ3n) is 1.25. The Kier molecular flexibility index (Phi) is 12.0. The van der Waals surface area contributed by atoms with Crippen molar-refractivity contribution >= 4 is 23.3 Å². The van der Waals surface area contributed by atoms with Gasteiger partial charge < -0.3 is 9.59 Å². The summed E-state index contributed by atoms with van der Waals surface area (Å²) in [4.78, 5) is 16.4. The Morgan fingerprint density at radius 1 is 1.19 bits per heavy atom. The van der Waals surface area contributed by atoms with Crippen LogP contribution in [0.3, 0.4) is 0 Å². The van der Waals surface area contributed by atoms with Gasteiger partial charge in [-0.3, -0.25) is 0 Å². The first-order valence-electron chi connectivity index (χ1n) is 5.40. The van der Waals surface area contributed by atoms with Gasteiger partial charge in [0, 0.05) is 0 Å². The van der Waals surface area contributed by atoms with E-state index in [2.05, 4.69) is 43.5 Å². The average molecular weight is 256 g/mol. The van der Waals surface area contributed by atoms with Gasteiger partial charge in [-0.25, -0.2) is 0 Å². The molecule has 0 aromatic heterocycles. The summed E-state index contributed by atoms with van der Waals surface area (Å²) in [5.41, 5.74) is 0. The van der Waals surface area contributed by atoms with Crippen LogP contribution in [0, 0.1) is 0 Å². The molecule has 0 bridgehead atoms. The average Bonchev–Trinajstić information content (AvgIpc) is 2.18. The fraction of sp³-hybridized carbons (Fsp3) is 0.333. The molecule has 0 radical (unpaired) electrons. The highest BCUT2D eigenvalue weighted by atomic mass is 28.4. The third-order valence-corrected chi connectivity index (χ3v) is 2.54. The Hall–Kier alpha value is -0.686. The smallest absolute Gasteiger partial charge is 0.326 e. The highest BCUT2D eigenvalue weighted by Crippen LogP contribution is 1.82. The zero-order valence-corrected chi connectivity index (χ0v) is 13.2. The summed E-state index contributed by atoms with van der Waals surface area (Å²) in [7, 11) is -2.52. The monoisotopic (exact) mass is 256 g/mol. The van der Waals surface area contributed by atoms with Gasteiger partial charge in [0.1, 0.15) is 0 Å². The molecule has 0 atom stereocenters. The highest BCUT2D eigenvalue weighted by molar-refractivity contribution is 6.61. The van der Waals surface area contributed by atoms with Crippen molar-refractivity contribution in [2.45, 2.75) is 26.6 Å². The molecular weight excluding hydrogens is 232 g/mol. The molecule has 0 amide bonds. The van der Waals surface area contributed by atoms with Crippen molar-refractivity contribution < 1.29 is 9.59 Å². The lowest BCUT2D eigenvalue weighted by molar-refractivity contribution is 0.382. The summed E-state index contributed by atoms with van der Waals surface area (Å²) in [5.74, 6) is 0. The van der Waals surface area contributed by atoms with E-state index < -0.39 is 8.56 Å². The molecular formula is C12H24O2Si2. The van der Waals surface area contributed by atoms with Gasteiger partial charge in [-0.15, -0.1) is 6.58 Å². The molecule has 92 valence electrons. The number of rotatable bonds is 1. The zero-order valence-electron chi connectivity index (χ0n) is 10.8. The van der Waals surface area contributed by atoms with E-state index in [0.717, 1.165) is 0 Å². The van der Waals surface area contributed by atoms with Crippen LogP contribution in [0.2, 0.25) is 19.6 Å². The minimum Gasteiger partial charge on any atom is -0.411 e. The molecule has 0 spiro atoms. The molecule has 0 aliphatic heterocycles. The van der Waals surface area contributed by atoms with Gasteiger partial charge in [0.25, 0.3) is 0 Å². The van der Waals surface area contributed by atoms with Crippen LogP contribution in [0.4, 0.5) is 0 Å². The van der Waals surface area contributed by atoms with E-state index in [4.69, 9.17) is 9.59 Å². The number of hydrogen-bond donors (Lipinski definition) is 2. The molecule has 0 fully saturated rings. The maximum Gasteiger partial charge on any atom is 0.326 e. The minimum absolute atomic E-state index is 0.0913. The number of allylic oxidation sites excluding steroid dienone is 1. The third kappa shape index (κ3) is 23.3. The Morgan fingerprint density at radius 3 is 1.69 bits per heavy atom. The van der Waals surface area contributed by atoms with Crippen molar-refractivity contribution in [3.63, 3.8) is 0 Å². The summed E-state index contributed by atoms with van der Waals surface area (Å²) in [6.07, 6.45) is 1.75. The van der Waals surface area contributed by atoms with Crippen LogP contribution in [0.15, 0.2) is 43.0 Å². The maximum absolute atomic E-state index is 8.22. The molecule has 0 heterocycles. The van der Waals surface area contributed by atoms with E-state index in [0.29, 0.717) is 0 Å². The predicted molar refractivity (Wildman–Crippen MR) is 78.3 cm³/mol. The molecule has 2 N–H and O–H groups in total. The van der Waals surface area contributed by atoms with Crippen LogP contribution >= 0.6 is 0 Å². The van der Waals surface area contributed by atoms with E-state index in [1.54, 1.807) is 11.3 Å². The van der Waals surface area contributed by atoms with Crippen molar-refractivity contribution in [3.8, 4) is 0 Å². The first-order valence-corrected chi connectivity index (χ1v) is 10.4. The summed E-state index contributed by atoms with van der Waals surface area (Å²) in [6.45, 7) is 10.4. The molecule has 4 heteroatoms. The van der Waals surface area contributed by atoms with Gasteiger partial charge in [0.05, 0.1) is 9.52 Å². The van der Waals surface area contributed by atoms with Crippen LogP contribution in [0.25, 0.3) is 0 Å². The fourth-order valence-electron chi connectivity index (χ4n) is 0.714. The fourth-order valence-corrected chi connectivity index (χ4v) is 1.46.